The quantitative estimate of drug-likeness (QED) is 0.499. The predicted molar refractivity (Wildman–Crippen MR) is 72.5 cm³/mol. The summed E-state index contributed by atoms with van der Waals surface area (Å²) in [6, 6.07) is 4.73. The normalized spacial score (nSPS) is 10.6. The van der Waals surface area contributed by atoms with Gasteiger partial charge in [0, 0.05) is 28.8 Å². The molecule has 0 bridgehead atoms. The van der Waals surface area contributed by atoms with Gasteiger partial charge in [0.25, 0.3) is 5.69 Å². The molecule has 0 fully saturated rings. The fourth-order valence-corrected chi connectivity index (χ4v) is 1.89. The van der Waals surface area contributed by atoms with E-state index in [0.29, 0.717) is 0 Å². The highest BCUT2D eigenvalue weighted by atomic mass is 79.9. The minimum atomic E-state index is -0.402. The van der Waals surface area contributed by atoms with Gasteiger partial charge in [-0.25, -0.2) is 0 Å². The lowest BCUT2D eigenvalue weighted by Gasteiger charge is -2.11. The summed E-state index contributed by atoms with van der Waals surface area (Å²) < 4.78 is 0.719. The summed E-state index contributed by atoms with van der Waals surface area (Å²) in [5, 5.41) is 13.8. The summed E-state index contributed by atoms with van der Waals surface area (Å²) in [7, 11) is 4.06. The van der Waals surface area contributed by atoms with Crippen LogP contribution in [0.15, 0.2) is 22.7 Å². The maximum absolute atomic E-state index is 10.6. The highest BCUT2D eigenvalue weighted by Gasteiger charge is 2.08. The Balaban J connectivity index is 2.52. The molecule has 94 valence electrons. The van der Waals surface area contributed by atoms with Gasteiger partial charge in [0.15, 0.2) is 0 Å². The van der Waals surface area contributed by atoms with Crippen LogP contribution in [0.2, 0.25) is 0 Å². The van der Waals surface area contributed by atoms with Crippen molar-refractivity contribution < 1.29 is 4.92 Å². The molecule has 0 spiro atoms. The number of nitrogens with one attached hydrogen (secondary N) is 1. The fourth-order valence-electron chi connectivity index (χ4n) is 1.38. The number of hydrogen-bond donors (Lipinski definition) is 1. The van der Waals surface area contributed by atoms with Crippen molar-refractivity contribution in [3.8, 4) is 0 Å². The average molecular weight is 302 g/mol. The molecule has 1 N–H and O–H groups in total. The molecule has 6 heteroatoms. The van der Waals surface area contributed by atoms with E-state index in [9.17, 15) is 10.1 Å². The molecular weight excluding hydrogens is 286 g/mol. The van der Waals surface area contributed by atoms with Crippen LogP contribution in [-0.4, -0.2) is 37.0 Å². The van der Waals surface area contributed by atoms with E-state index in [2.05, 4.69) is 26.1 Å². The third-order valence-electron chi connectivity index (χ3n) is 2.26. The SMILES string of the molecule is CN(C)CCCNc1ccc([N+](=O)[O-])cc1Br. The highest BCUT2D eigenvalue weighted by Crippen LogP contribution is 2.26. The third kappa shape index (κ3) is 4.70. The molecule has 0 amide bonds. The first-order valence-corrected chi connectivity index (χ1v) is 6.12. The van der Waals surface area contributed by atoms with Crippen LogP contribution >= 0.6 is 15.9 Å². The minimum Gasteiger partial charge on any atom is -0.384 e. The topological polar surface area (TPSA) is 58.4 Å². The largest absolute Gasteiger partial charge is 0.384 e. The Labute approximate surface area is 109 Å². The minimum absolute atomic E-state index is 0.0933. The molecular formula is C11H16BrN3O2. The third-order valence-corrected chi connectivity index (χ3v) is 2.92. The summed E-state index contributed by atoms with van der Waals surface area (Å²) in [6.45, 7) is 1.85. The highest BCUT2D eigenvalue weighted by molar-refractivity contribution is 9.10. The Morgan fingerprint density at radius 2 is 2.18 bits per heavy atom. The molecule has 0 aromatic heterocycles. The summed E-state index contributed by atoms with van der Waals surface area (Å²) in [5.41, 5.74) is 0.977. The zero-order valence-corrected chi connectivity index (χ0v) is 11.5. The van der Waals surface area contributed by atoms with E-state index in [1.165, 1.54) is 12.1 Å². The summed E-state index contributed by atoms with van der Waals surface area (Å²) in [5.74, 6) is 0. The summed E-state index contributed by atoms with van der Waals surface area (Å²) >= 11 is 3.32. The van der Waals surface area contributed by atoms with Crippen molar-refractivity contribution in [2.24, 2.45) is 0 Å². The first-order chi connectivity index (χ1) is 8.00. The molecule has 0 aliphatic heterocycles. The van der Waals surface area contributed by atoms with Crippen molar-refractivity contribution in [3.05, 3.63) is 32.8 Å². The van der Waals surface area contributed by atoms with Gasteiger partial charge in [-0.2, -0.15) is 0 Å². The Bertz CT molecular complexity index is 396. The summed E-state index contributed by atoms with van der Waals surface area (Å²) in [6.07, 6.45) is 1.02. The van der Waals surface area contributed by atoms with Crippen molar-refractivity contribution in [2.75, 3.05) is 32.5 Å². The van der Waals surface area contributed by atoms with Gasteiger partial charge in [-0.15, -0.1) is 0 Å². The van der Waals surface area contributed by atoms with Crippen molar-refractivity contribution in [1.29, 1.82) is 0 Å². The smallest absolute Gasteiger partial charge is 0.270 e. The lowest BCUT2D eigenvalue weighted by Crippen LogP contribution is -2.16. The molecule has 17 heavy (non-hydrogen) atoms. The summed E-state index contributed by atoms with van der Waals surface area (Å²) in [4.78, 5) is 12.3. The fraction of sp³-hybridized carbons (Fsp3) is 0.455. The molecule has 0 heterocycles. The predicted octanol–water partition coefficient (Wildman–Crippen LogP) is 2.72. The van der Waals surface area contributed by atoms with Crippen LogP contribution in [-0.2, 0) is 0 Å². The number of benzene rings is 1. The van der Waals surface area contributed by atoms with Gasteiger partial charge in [0.05, 0.1) is 4.92 Å². The van der Waals surface area contributed by atoms with Crippen LogP contribution in [0.4, 0.5) is 11.4 Å². The van der Waals surface area contributed by atoms with E-state index < -0.39 is 4.92 Å². The maximum Gasteiger partial charge on any atom is 0.270 e. The number of nitro benzene ring substituents is 1. The second-order valence-corrected chi connectivity index (χ2v) is 4.86. The molecule has 5 nitrogen and oxygen atoms in total. The molecule has 0 radical (unpaired) electrons. The van der Waals surface area contributed by atoms with Crippen molar-refractivity contribution in [2.45, 2.75) is 6.42 Å². The molecule has 0 atom stereocenters. The van der Waals surface area contributed by atoms with Gasteiger partial charge in [-0.3, -0.25) is 10.1 Å². The monoisotopic (exact) mass is 301 g/mol. The van der Waals surface area contributed by atoms with Crippen LogP contribution in [0.3, 0.4) is 0 Å². The van der Waals surface area contributed by atoms with Crippen LogP contribution in [0.1, 0.15) is 6.42 Å². The maximum atomic E-state index is 10.6. The second-order valence-electron chi connectivity index (χ2n) is 4.00. The van der Waals surface area contributed by atoms with E-state index in [0.717, 1.165) is 29.7 Å². The zero-order valence-electron chi connectivity index (χ0n) is 9.94. The van der Waals surface area contributed by atoms with Gasteiger partial charge >= 0.3 is 0 Å². The molecule has 0 saturated carbocycles. The van der Waals surface area contributed by atoms with E-state index in [4.69, 9.17) is 0 Å². The molecule has 1 aromatic carbocycles. The van der Waals surface area contributed by atoms with E-state index in [1.807, 2.05) is 14.1 Å². The number of non-ortho nitro benzene ring substituents is 1. The van der Waals surface area contributed by atoms with Crippen molar-refractivity contribution in [1.82, 2.24) is 4.90 Å². The first-order valence-electron chi connectivity index (χ1n) is 5.33. The number of halogens is 1. The Morgan fingerprint density at radius 3 is 2.71 bits per heavy atom. The number of rotatable bonds is 6. The molecule has 1 aromatic rings. The van der Waals surface area contributed by atoms with E-state index >= 15 is 0 Å². The standard InChI is InChI=1S/C11H16BrN3O2/c1-14(2)7-3-6-13-11-5-4-9(15(16)17)8-10(11)12/h4-5,8,13H,3,6-7H2,1-2H3. The lowest BCUT2D eigenvalue weighted by molar-refractivity contribution is -0.384. The lowest BCUT2D eigenvalue weighted by atomic mass is 10.3. The van der Waals surface area contributed by atoms with Crippen molar-refractivity contribution in [3.63, 3.8) is 0 Å². The molecule has 0 aliphatic carbocycles. The van der Waals surface area contributed by atoms with E-state index in [-0.39, 0.29) is 5.69 Å². The van der Waals surface area contributed by atoms with Crippen LogP contribution < -0.4 is 5.32 Å². The van der Waals surface area contributed by atoms with Gasteiger partial charge in [0.1, 0.15) is 0 Å². The molecule has 0 saturated heterocycles. The Morgan fingerprint density at radius 1 is 1.47 bits per heavy atom. The first kappa shape index (κ1) is 13.9. The van der Waals surface area contributed by atoms with Crippen LogP contribution in [0.25, 0.3) is 0 Å². The van der Waals surface area contributed by atoms with Gasteiger partial charge < -0.3 is 10.2 Å². The number of anilines is 1. The second kappa shape index (κ2) is 6.56. The molecule has 0 unspecified atom stereocenters. The Kier molecular flexibility index (Phi) is 5.37. The Hall–Kier alpha value is -1.14. The van der Waals surface area contributed by atoms with Crippen molar-refractivity contribution >= 4 is 27.3 Å². The number of hydrogen-bond acceptors (Lipinski definition) is 4. The molecule has 1 rings (SSSR count). The van der Waals surface area contributed by atoms with E-state index in [1.54, 1.807) is 6.07 Å². The number of nitrogens with zero attached hydrogens (tertiary/aromatic N) is 2. The van der Waals surface area contributed by atoms with Crippen LogP contribution in [0.5, 0.6) is 0 Å². The van der Waals surface area contributed by atoms with Gasteiger partial charge in [-0.1, -0.05) is 0 Å². The van der Waals surface area contributed by atoms with Gasteiger partial charge in [0.2, 0.25) is 0 Å². The zero-order chi connectivity index (χ0) is 12.8. The average Bonchev–Trinajstić information content (AvgIpc) is 2.25. The van der Waals surface area contributed by atoms with Gasteiger partial charge in [-0.05, 0) is 49.1 Å². The van der Waals surface area contributed by atoms with Crippen LogP contribution in [0, 0.1) is 10.1 Å². The number of nitro groups is 1. The molecule has 0 aliphatic rings.